The summed E-state index contributed by atoms with van der Waals surface area (Å²) in [6, 6.07) is 3.22. The first-order valence-corrected chi connectivity index (χ1v) is 4.94. The van der Waals surface area contributed by atoms with Gasteiger partial charge in [-0.15, -0.1) is 0 Å². The number of H-pyrrole nitrogens is 1. The van der Waals surface area contributed by atoms with Crippen LogP contribution in [0, 0.1) is 0 Å². The van der Waals surface area contributed by atoms with Gasteiger partial charge in [0.25, 0.3) is 10.1 Å². The van der Waals surface area contributed by atoms with E-state index in [1.54, 1.807) is 24.5 Å². The number of nitrogens with one attached hydrogen (secondary N) is 1. The van der Waals surface area contributed by atoms with Crippen molar-refractivity contribution < 1.29 is 18.0 Å². The number of hydrogen-bond donors (Lipinski definition) is 1. The molecule has 0 radical (unpaired) electrons. The molecule has 0 aromatic carbocycles. The molecule has 0 aliphatic carbocycles. The summed E-state index contributed by atoms with van der Waals surface area (Å²) in [4.78, 5) is 2.76. The molecule has 66 valence electrons. The molecule has 0 aliphatic rings. The minimum atomic E-state index is -3.97. The fraction of sp³-hybridized carbons (Fsp3) is 0.286. The fourth-order valence-corrected chi connectivity index (χ4v) is 1.34. The molecule has 0 saturated carbocycles. The molecule has 1 heterocycles. The zero-order chi connectivity index (χ0) is 9.19. The number of aromatic nitrogens is 1. The second kappa shape index (κ2) is 3.20. The highest BCUT2D eigenvalue weighted by Gasteiger charge is 2.19. The Hall–Kier alpha value is -0.940. The van der Waals surface area contributed by atoms with Gasteiger partial charge in [0.1, 0.15) is 5.25 Å². The molecule has 1 atom stereocenters. The molecule has 5 heteroatoms. The van der Waals surface area contributed by atoms with Crippen LogP contribution in [0.1, 0.15) is 17.7 Å². The minimum absolute atomic E-state index is 0.566. The van der Waals surface area contributed by atoms with Crippen molar-refractivity contribution in [2.24, 2.45) is 0 Å². The van der Waals surface area contributed by atoms with E-state index < -0.39 is 15.4 Å². The van der Waals surface area contributed by atoms with Crippen LogP contribution in [0.4, 0.5) is 0 Å². The van der Waals surface area contributed by atoms with Crippen molar-refractivity contribution in [1.29, 1.82) is 0 Å². The Morgan fingerprint density at radius 2 is 1.92 bits per heavy atom. The van der Waals surface area contributed by atoms with Gasteiger partial charge in [0, 0.05) is 12.1 Å². The van der Waals surface area contributed by atoms with E-state index in [1.165, 1.54) is 6.92 Å². The van der Waals surface area contributed by atoms with Gasteiger partial charge in [-0.3, -0.25) is 4.55 Å². The first kappa shape index (κ1) is 9.15. The van der Waals surface area contributed by atoms with Crippen LogP contribution in [0.15, 0.2) is 24.5 Å². The average molecular weight is 188 g/mol. The van der Waals surface area contributed by atoms with Gasteiger partial charge in [-0.25, -0.2) is 4.98 Å². The largest absolute Gasteiger partial charge is 0.285 e. The topological polar surface area (TPSA) is 68.5 Å². The summed E-state index contributed by atoms with van der Waals surface area (Å²) in [5.41, 5.74) is 0.566. The van der Waals surface area contributed by atoms with Crippen molar-refractivity contribution in [3.63, 3.8) is 0 Å². The summed E-state index contributed by atoms with van der Waals surface area (Å²) in [5.74, 6) is 0. The summed E-state index contributed by atoms with van der Waals surface area (Å²) in [6.45, 7) is 1.44. The molecular weight excluding hydrogens is 178 g/mol. The van der Waals surface area contributed by atoms with Crippen molar-refractivity contribution >= 4 is 10.1 Å². The van der Waals surface area contributed by atoms with E-state index in [0.717, 1.165) is 0 Å². The first-order chi connectivity index (χ1) is 5.52. The normalized spacial score (nSPS) is 14.2. The highest BCUT2D eigenvalue weighted by Crippen LogP contribution is 2.18. The van der Waals surface area contributed by atoms with Crippen LogP contribution in [0.3, 0.4) is 0 Å². The number of aromatic amines is 1. The van der Waals surface area contributed by atoms with Crippen LogP contribution in [0.2, 0.25) is 0 Å². The molecule has 1 unspecified atom stereocenters. The van der Waals surface area contributed by atoms with Crippen molar-refractivity contribution in [3.05, 3.63) is 30.1 Å². The van der Waals surface area contributed by atoms with Crippen molar-refractivity contribution in [1.82, 2.24) is 0 Å². The number of hydrogen-bond acceptors (Lipinski definition) is 2. The molecule has 2 N–H and O–H groups in total. The Kier molecular flexibility index (Phi) is 2.44. The second-order valence-electron chi connectivity index (χ2n) is 2.49. The summed E-state index contributed by atoms with van der Waals surface area (Å²) in [7, 11) is -3.97. The molecule has 1 aromatic heterocycles. The average Bonchev–Trinajstić information content (AvgIpc) is 2.03. The van der Waals surface area contributed by atoms with E-state index in [4.69, 9.17) is 4.55 Å². The van der Waals surface area contributed by atoms with Crippen LogP contribution in [-0.2, 0) is 10.1 Å². The molecule has 0 aliphatic heterocycles. The van der Waals surface area contributed by atoms with E-state index in [0.29, 0.717) is 5.56 Å². The molecule has 12 heavy (non-hydrogen) atoms. The molecule has 1 aromatic rings. The van der Waals surface area contributed by atoms with Crippen molar-refractivity contribution in [3.8, 4) is 0 Å². The lowest BCUT2D eigenvalue weighted by molar-refractivity contribution is -0.378. The van der Waals surface area contributed by atoms with Gasteiger partial charge in [-0.1, -0.05) is 0 Å². The molecule has 0 spiro atoms. The summed E-state index contributed by atoms with van der Waals surface area (Å²) in [6.07, 6.45) is 3.22. The number of rotatable bonds is 2. The van der Waals surface area contributed by atoms with Gasteiger partial charge >= 0.3 is 0 Å². The lowest BCUT2D eigenvalue weighted by Crippen LogP contribution is -2.10. The van der Waals surface area contributed by atoms with Gasteiger partial charge in [-0.2, -0.15) is 8.42 Å². The zero-order valence-electron chi connectivity index (χ0n) is 6.56. The van der Waals surface area contributed by atoms with Gasteiger partial charge in [0.2, 0.25) is 0 Å². The summed E-state index contributed by atoms with van der Waals surface area (Å²) in [5, 5.41) is -0.868. The van der Waals surface area contributed by atoms with Crippen LogP contribution in [-0.4, -0.2) is 13.0 Å². The van der Waals surface area contributed by atoms with Gasteiger partial charge in [0.15, 0.2) is 12.4 Å². The monoisotopic (exact) mass is 188 g/mol. The molecule has 1 rings (SSSR count). The van der Waals surface area contributed by atoms with Crippen molar-refractivity contribution in [2.45, 2.75) is 12.2 Å². The van der Waals surface area contributed by atoms with E-state index in [1.807, 2.05) is 0 Å². The zero-order valence-corrected chi connectivity index (χ0v) is 7.38. The summed E-state index contributed by atoms with van der Waals surface area (Å²) < 4.78 is 30.1. The Labute approximate surface area is 71.0 Å². The maximum absolute atomic E-state index is 10.7. The van der Waals surface area contributed by atoms with Crippen LogP contribution < -0.4 is 4.98 Å². The standard InChI is InChI=1S/C7H9NO3S/c1-6(12(9,10)11)7-2-4-8-5-3-7/h2-6H,1H3,(H,9,10,11)/p+1. The SMILES string of the molecule is CC(c1cc[nH+]cc1)S(=O)(=O)O. The smallest absolute Gasteiger partial charge is 0.271 e. The van der Waals surface area contributed by atoms with Crippen LogP contribution in [0.5, 0.6) is 0 Å². The van der Waals surface area contributed by atoms with E-state index >= 15 is 0 Å². The van der Waals surface area contributed by atoms with Gasteiger partial charge in [0.05, 0.1) is 0 Å². The molecular formula is C7H10NO3S+. The van der Waals surface area contributed by atoms with Gasteiger partial charge in [-0.05, 0) is 12.5 Å². The third kappa shape index (κ3) is 2.02. The summed E-state index contributed by atoms with van der Waals surface area (Å²) >= 11 is 0. The molecule has 0 fully saturated rings. The third-order valence-corrected chi connectivity index (χ3v) is 2.83. The van der Waals surface area contributed by atoms with Gasteiger partial charge < -0.3 is 0 Å². The van der Waals surface area contributed by atoms with Crippen LogP contribution >= 0.6 is 0 Å². The maximum atomic E-state index is 10.7. The lowest BCUT2D eigenvalue weighted by atomic mass is 10.2. The highest BCUT2D eigenvalue weighted by atomic mass is 32.2. The molecule has 0 amide bonds. The van der Waals surface area contributed by atoms with E-state index in [-0.39, 0.29) is 0 Å². The van der Waals surface area contributed by atoms with E-state index in [2.05, 4.69) is 4.98 Å². The predicted octanol–water partition coefficient (Wildman–Crippen LogP) is 0.450. The molecule has 4 nitrogen and oxygen atoms in total. The van der Waals surface area contributed by atoms with Crippen molar-refractivity contribution in [2.75, 3.05) is 0 Å². The Balaban J connectivity index is 3.02. The molecule has 0 saturated heterocycles. The Morgan fingerprint density at radius 1 is 1.42 bits per heavy atom. The lowest BCUT2D eigenvalue weighted by Gasteiger charge is -2.05. The first-order valence-electron chi connectivity index (χ1n) is 3.44. The third-order valence-electron chi connectivity index (χ3n) is 1.66. The number of pyridine rings is 1. The maximum Gasteiger partial charge on any atom is 0.271 e. The second-order valence-corrected chi connectivity index (χ2v) is 4.23. The molecule has 0 bridgehead atoms. The quantitative estimate of drug-likeness (QED) is 0.685. The van der Waals surface area contributed by atoms with E-state index in [9.17, 15) is 8.42 Å². The van der Waals surface area contributed by atoms with Crippen LogP contribution in [0.25, 0.3) is 0 Å². The Bertz CT molecular complexity index is 346. The predicted molar refractivity (Wildman–Crippen MR) is 43.0 cm³/mol. The Morgan fingerprint density at radius 3 is 2.33 bits per heavy atom. The fourth-order valence-electron chi connectivity index (χ4n) is 0.843. The highest BCUT2D eigenvalue weighted by molar-refractivity contribution is 7.86. The minimum Gasteiger partial charge on any atom is -0.285 e.